The van der Waals surface area contributed by atoms with Gasteiger partial charge < -0.3 is 10.8 Å². The quantitative estimate of drug-likeness (QED) is 0.715. The minimum atomic E-state index is -3.73. The summed E-state index contributed by atoms with van der Waals surface area (Å²) in [6.45, 7) is 3.13. The number of aliphatic hydroxyl groups is 1. The molecule has 1 aromatic carbocycles. The molecule has 0 fully saturated rings. The lowest BCUT2D eigenvalue weighted by Crippen LogP contribution is -2.48. The van der Waals surface area contributed by atoms with E-state index in [4.69, 9.17) is 17.3 Å². The van der Waals surface area contributed by atoms with Crippen molar-refractivity contribution in [3.63, 3.8) is 0 Å². The number of rotatable bonds is 5. The average molecular weight is 293 g/mol. The minimum Gasteiger partial charge on any atom is -0.397 e. The molecular weight excluding hydrogens is 276 g/mol. The van der Waals surface area contributed by atoms with Crippen LogP contribution in [0.2, 0.25) is 5.02 Å². The van der Waals surface area contributed by atoms with E-state index in [0.717, 1.165) is 0 Å². The summed E-state index contributed by atoms with van der Waals surface area (Å²) in [6, 6.07) is 4.08. The Morgan fingerprint density at radius 2 is 2.11 bits per heavy atom. The molecule has 0 saturated heterocycles. The van der Waals surface area contributed by atoms with E-state index in [1.165, 1.54) is 18.2 Å². The van der Waals surface area contributed by atoms with E-state index in [9.17, 15) is 13.5 Å². The molecule has 1 aromatic rings. The number of hydrogen-bond donors (Lipinski definition) is 3. The zero-order valence-corrected chi connectivity index (χ0v) is 11.8. The van der Waals surface area contributed by atoms with Gasteiger partial charge in [0.25, 0.3) is 0 Å². The van der Waals surface area contributed by atoms with Gasteiger partial charge in [-0.15, -0.1) is 0 Å². The lowest BCUT2D eigenvalue weighted by atomic mass is 10.0. The Morgan fingerprint density at radius 3 is 2.56 bits per heavy atom. The van der Waals surface area contributed by atoms with Gasteiger partial charge in [0.15, 0.2) is 0 Å². The van der Waals surface area contributed by atoms with E-state index >= 15 is 0 Å². The van der Waals surface area contributed by atoms with Crippen LogP contribution < -0.4 is 10.5 Å². The molecule has 0 aromatic heterocycles. The van der Waals surface area contributed by atoms with Crippen LogP contribution in [0.25, 0.3) is 0 Å². The van der Waals surface area contributed by atoms with Crippen LogP contribution in [0.15, 0.2) is 23.1 Å². The van der Waals surface area contributed by atoms with Crippen molar-refractivity contribution in [2.75, 3.05) is 12.3 Å². The lowest BCUT2D eigenvalue weighted by molar-refractivity contribution is 0.191. The minimum absolute atomic E-state index is 0.0255. The van der Waals surface area contributed by atoms with Crippen LogP contribution in [0.1, 0.15) is 20.3 Å². The van der Waals surface area contributed by atoms with Crippen LogP contribution in [0.5, 0.6) is 0 Å². The van der Waals surface area contributed by atoms with Crippen molar-refractivity contribution in [2.24, 2.45) is 0 Å². The van der Waals surface area contributed by atoms with Crippen LogP contribution in [-0.2, 0) is 10.0 Å². The molecule has 5 nitrogen and oxygen atoms in total. The van der Waals surface area contributed by atoms with Gasteiger partial charge in [-0.3, -0.25) is 0 Å². The first-order valence-electron chi connectivity index (χ1n) is 5.44. The molecule has 0 spiro atoms. The first kappa shape index (κ1) is 15.2. The molecule has 18 heavy (non-hydrogen) atoms. The summed E-state index contributed by atoms with van der Waals surface area (Å²) < 4.78 is 26.7. The summed E-state index contributed by atoms with van der Waals surface area (Å²) in [5.74, 6) is 0. The number of hydrogen-bond acceptors (Lipinski definition) is 4. The number of nitrogens with one attached hydrogen (secondary N) is 1. The van der Waals surface area contributed by atoms with Crippen molar-refractivity contribution in [3.05, 3.63) is 23.2 Å². The summed E-state index contributed by atoms with van der Waals surface area (Å²) in [4.78, 5) is 0.0255. The van der Waals surface area contributed by atoms with Crippen LogP contribution in [0.4, 0.5) is 5.69 Å². The van der Waals surface area contributed by atoms with Crippen molar-refractivity contribution < 1.29 is 13.5 Å². The van der Waals surface area contributed by atoms with Gasteiger partial charge in [-0.1, -0.05) is 18.5 Å². The van der Waals surface area contributed by atoms with Crippen molar-refractivity contribution in [1.29, 1.82) is 0 Å². The summed E-state index contributed by atoms with van der Waals surface area (Å²) in [6.07, 6.45) is 0.464. The number of nitrogen functional groups attached to an aromatic ring is 1. The summed E-state index contributed by atoms with van der Waals surface area (Å²) >= 11 is 5.74. The van der Waals surface area contributed by atoms with Gasteiger partial charge in [0.2, 0.25) is 10.0 Å². The van der Waals surface area contributed by atoms with Gasteiger partial charge in [-0.05, 0) is 31.5 Å². The third-order valence-corrected chi connectivity index (χ3v) is 4.77. The zero-order chi connectivity index (χ0) is 14.0. The topological polar surface area (TPSA) is 92.4 Å². The van der Waals surface area contributed by atoms with Crippen LogP contribution >= 0.6 is 11.6 Å². The summed E-state index contributed by atoms with van der Waals surface area (Å²) in [7, 11) is -3.73. The van der Waals surface area contributed by atoms with E-state index in [0.29, 0.717) is 11.4 Å². The van der Waals surface area contributed by atoms with E-state index in [-0.39, 0.29) is 17.2 Å². The molecular formula is C11H17ClN2O3S. The highest BCUT2D eigenvalue weighted by molar-refractivity contribution is 7.89. The second kappa shape index (κ2) is 5.44. The van der Waals surface area contributed by atoms with Gasteiger partial charge in [-0.2, -0.15) is 0 Å². The lowest BCUT2D eigenvalue weighted by Gasteiger charge is -2.26. The van der Waals surface area contributed by atoms with E-state index in [1.807, 2.05) is 0 Å². The van der Waals surface area contributed by atoms with E-state index in [1.54, 1.807) is 13.8 Å². The number of aliphatic hydroxyl groups excluding tert-OH is 1. The van der Waals surface area contributed by atoms with Crippen LogP contribution in [-0.4, -0.2) is 25.7 Å². The molecule has 1 rings (SSSR count). The van der Waals surface area contributed by atoms with Crippen molar-refractivity contribution in [3.8, 4) is 0 Å². The zero-order valence-electron chi connectivity index (χ0n) is 10.3. The maximum atomic E-state index is 12.1. The van der Waals surface area contributed by atoms with Crippen molar-refractivity contribution >= 4 is 27.3 Å². The Balaban J connectivity index is 3.10. The van der Waals surface area contributed by atoms with Crippen LogP contribution in [0.3, 0.4) is 0 Å². The fourth-order valence-electron chi connectivity index (χ4n) is 1.29. The highest BCUT2D eigenvalue weighted by Crippen LogP contribution is 2.23. The van der Waals surface area contributed by atoms with Gasteiger partial charge in [0, 0.05) is 0 Å². The first-order chi connectivity index (χ1) is 8.24. The third kappa shape index (κ3) is 3.35. The highest BCUT2D eigenvalue weighted by atomic mass is 35.5. The van der Waals surface area contributed by atoms with E-state index < -0.39 is 15.6 Å². The second-order valence-corrected chi connectivity index (χ2v) is 6.45. The molecule has 102 valence electrons. The SMILES string of the molecule is CCC(C)(CO)NS(=O)(=O)c1ccc(Cl)c(N)c1. The predicted molar refractivity (Wildman–Crippen MR) is 72.0 cm³/mol. The molecule has 0 heterocycles. The van der Waals surface area contributed by atoms with Crippen molar-refractivity contribution in [1.82, 2.24) is 4.72 Å². The molecule has 0 aliphatic carbocycles. The largest absolute Gasteiger partial charge is 0.397 e. The first-order valence-corrected chi connectivity index (χ1v) is 7.30. The number of benzene rings is 1. The molecule has 0 saturated carbocycles. The van der Waals surface area contributed by atoms with E-state index in [2.05, 4.69) is 4.72 Å². The predicted octanol–water partition coefficient (Wildman–Crippen LogP) is 1.36. The molecule has 0 amide bonds. The van der Waals surface area contributed by atoms with Gasteiger partial charge in [0.1, 0.15) is 0 Å². The molecule has 0 aliphatic rings. The molecule has 1 atom stereocenters. The average Bonchev–Trinajstić information content (AvgIpc) is 2.32. The third-order valence-electron chi connectivity index (χ3n) is 2.79. The monoisotopic (exact) mass is 292 g/mol. The Hall–Kier alpha value is -0.820. The standard InChI is InChI=1S/C11H17ClN2O3S/c1-3-11(2,7-15)14-18(16,17)8-4-5-9(12)10(13)6-8/h4-6,14-15H,3,7,13H2,1-2H3. The highest BCUT2D eigenvalue weighted by Gasteiger charge is 2.28. The Morgan fingerprint density at radius 1 is 1.50 bits per heavy atom. The molecule has 0 bridgehead atoms. The second-order valence-electron chi connectivity index (χ2n) is 4.36. The molecule has 0 radical (unpaired) electrons. The Kier molecular flexibility index (Phi) is 4.61. The summed E-state index contributed by atoms with van der Waals surface area (Å²) in [5.41, 5.74) is 4.87. The Bertz CT molecular complexity index is 527. The van der Waals surface area contributed by atoms with Gasteiger partial charge in [-0.25, -0.2) is 13.1 Å². The molecule has 0 aliphatic heterocycles. The number of nitrogens with two attached hydrogens (primary N) is 1. The fraction of sp³-hybridized carbons (Fsp3) is 0.455. The normalized spacial score (nSPS) is 15.3. The Labute approximate surface area is 112 Å². The van der Waals surface area contributed by atoms with Gasteiger partial charge >= 0.3 is 0 Å². The maximum absolute atomic E-state index is 12.1. The fourth-order valence-corrected chi connectivity index (χ4v) is 2.91. The number of halogens is 1. The van der Waals surface area contributed by atoms with Gasteiger partial charge in [0.05, 0.1) is 27.8 Å². The van der Waals surface area contributed by atoms with Crippen molar-refractivity contribution in [2.45, 2.75) is 30.7 Å². The smallest absolute Gasteiger partial charge is 0.241 e. The molecule has 7 heteroatoms. The summed E-state index contributed by atoms with van der Waals surface area (Å²) in [5, 5.41) is 9.52. The molecule has 4 N–H and O–H groups in total. The number of anilines is 1. The maximum Gasteiger partial charge on any atom is 0.241 e. The molecule has 1 unspecified atom stereocenters. The number of sulfonamides is 1. The van der Waals surface area contributed by atoms with Crippen LogP contribution in [0, 0.1) is 0 Å².